The largest absolute Gasteiger partial charge is 0.478 e. The number of carboxylic acids is 1. The first-order valence-corrected chi connectivity index (χ1v) is 4.61. The minimum Gasteiger partial charge on any atom is -0.478 e. The molecule has 3 nitrogen and oxygen atoms in total. The normalized spacial score (nSPS) is 9.83. The van der Waals surface area contributed by atoms with Crippen LogP contribution in [0.25, 0.3) is 0 Å². The summed E-state index contributed by atoms with van der Waals surface area (Å²) in [6.07, 6.45) is 0.651. The summed E-state index contributed by atoms with van der Waals surface area (Å²) in [5.74, 6) is -0.907. The van der Waals surface area contributed by atoms with Crippen molar-refractivity contribution in [3.63, 3.8) is 0 Å². The molecule has 0 bridgehead atoms. The Morgan fingerprint density at radius 2 is 2.33 bits per heavy atom. The molecule has 1 aromatic rings. The number of aromatic carboxylic acids is 1. The summed E-state index contributed by atoms with van der Waals surface area (Å²) in [6, 6.07) is 3.29. The van der Waals surface area contributed by atoms with Gasteiger partial charge < -0.3 is 5.11 Å². The summed E-state index contributed by atoms with van der Waals surface area (Å²) in [5, 5.41) is 8.75. The number of carbonyl (C=O) groups is 1. The molecule has 0 unspecified atom stereocenters. The molecule has 0 atom stereocenters. The minimum absolute atomic E-state index is 0.304. The molecular weight excluding hydrogens is 269 g/mol. The summed E-state index contributed by atoms with van der Waals surface area (Å²) in [6.45, 7) is 1.89. The average molecular weight is 277 g/mol. The number of rotatable bonds is 2. The van der Waals surface area contributed by atoms with Crippen molar-refractivity contribution in [3.8, 4) is 0 Å². The van der Waals surface area contributed by atoms with E-state index < -0.39 is 5.97 Å². The fraction of sp³-hybridized carbons (Fsp3) is 0.250. The molecule has 0 aliphatic rings. The second kappa shape index (κ2) is 3.84. The number of aryl methyl sites for hydroxylation is 1. The molecule has 0 amide bonds. The third-order valence-electron chi connectivity index (χ3n) is 1.51. The molecule has 0 spiro atoms. The van der Waals surface area contributed by atoms with Crippen LogP contribution in [0.4, 0.5) is 0 Å². The van der Waals surface area contributed by atoms with Gasteiger partial charge in [-0.2, -0.15) is 0 Å². The van der Waals surface area contributed by atoms with Crippen LogP contribution in [0.5, 0.6) is 0 Å². The summed E-state index contributed by atoms with van der Waals surface area (Å²) in [4.78, 5) is 14.8. The number of pyridine rings is 1. The molecule has 4 heteroatoms. The van der Waals surface area contributed by atoms with E-state index in [9.17, 15) is 4.79 Å². The van der Waals surface area contributed by atoms with Crippen LogP contribution < -0.4 is 0 Å². The Morgan fingerprint density at radius 1 is 1.67 bits per heavy atom. The number of carboxylic acid groups (broad SMARTS) is 1. The molecule has 1 aromatic heterocycles. The van der Waals surface area contributed by atoms with E-state index in [2.05, 4.69) is 27.6 Å². The lowest BCUT2D eigenvalue weighted by Crippen LogP contribution is -2.04. The summed E-state index contributed by atoms with van der Waals surface area (Å²) < 4.78 is 0.828. The van der Waals surface area contributed by atoms with E-state index in [-0.39, 0.29) is 0 Å². The fourth-order valence-electron chi connectivity index (χ4n) is 0.939. The Morgan fingerprint density at radius 3 is 2.83 bits per heavy atom. The SMILES string of the molecule is CCc1nc(I)ccc1C(=O)O. The molecule has 0 aliphatic carbocycles. The van der Waals surface area contributed by atoms with Gasteiger partial charge in [-0.15, -0.1) is 0 Å². The minimum atomic E-state index is -0.907. The van der Waals surface area contributed by atoms with E-state index in [0.717, 1.165) is 3.70 Å². The molecule has 0 radical (unpaired) electrons. The molecule has 12 heavy (non-hydrogen) atoms. The highest BCUT2D eigenvalue weighted by atomic mass is 127. The van der Waals surface area contributed by atoms with Crippen LogP contribution in [-0.2, 0) is 6.42 Å². The van der Waals surface area contributed by atoms with Crippen molar-refractivity contribution in [3.05, 3.63) is 27.1 Å². The van der Waals surface area contributed by atoms with Crippen LogP contribution in [0.1, 0.15) is 23.0 Å². The zero-order chi connectivity index (χ0) is 9.14. The van der Waals surface area contributed by atoms with Crippen molar-refractivity contribution in [1.29, 1.82) is 0 Å². The molecule has 0 aromatic carbocycles. The highest BCUT2D eigenvalue weighted by molar-refractivity contribution is 14.1. The summed E-state index contributed by atoms with van der Waals surface area (Å²) in [7, 11) is 0. The first-order chi connectivity index (χ1) is 5.65. The lowest BCUT2D eigenvalue weighted by Gasteiger charge is -2.01. The van der Waals surface area contributed by atoms with Crippen LogP contribution in [0.15, 0.2) is 12.1 Å². The predicted molar refractivity (Wildman–Crippen MR) is 53.3 cm³/mol. The molecule has 0 saturated heterocycles. The van der Waals surface area contributed by atoms with Crippen LogP contribution in [0.3, 0.4) is 0 Å². The van der Waals surface area contributed by atoms with Gasteiger partial charge in [0, 0.05) is 0 Å². The van der Waals surface area contributed by atoms with E-state index in [4.69, 9.17) is 5.11 Å². The fourth-order valence-corrected chi connectivity index (χ4v) is 1.41. The standard InChI is InChI=1S/C8H8INO2/c1-2-6-5(8(11)12)3-4-7(9)10-6/h3-4H,2H2,1H3,(H,11,12). The van der Waals surface area contributed by atoms with E-state index in [1.807, 2.05) is 6.92 Å². The van der Waals surface area contributed by atoms with Gasteiger partial charge in [0.15, 0.2) is 0 Å². The van der Waals surface area contributed by atoms with Gasteiger partial charge in [-0.25, -0.2) is 9.78 Å². The topological polar surface area (TPSA) is 50.2 Å². The Bertz CT molecular complexity index is 312. The Hall–Kier alpha value is -0.650. The lowest BCUT2D eigenvalue weighted by atomic mass is 10.1. The maximum Gasteiger partial charge on any atom is 0.337 e. The van der Waals surface area contributed by atoms with Crippen LogP contribution in [0.2, 0.25) is 0 Å². The van der Waals surface area contributed by atoms with E-state index in [1.54, 1.807) is 12.1 Å². The van der Waals surface area contributed by atoms with Gasteiger partial charge in [-0.1, -0.05) is 6.92 Å². The van der Waals surface area contributed by atoms with Crippen LogP contribution in [-0.4, -0.2) is 16.1 Å². The highest BCUT2D eigenvalue weighted by Crippen LogP contribution is 2.10. The number of hydrogen-bond acceptors (Lipinski definition) is 2. The van der Waals surface area contributed by atoms with Crippen molar-refractivity contribution in [2.75, 3.05) is 0 Å². The average Bonchev–Trinajstić information content (AvgIpc) is 2.03. The lowest BCUT2D eigenvalue weighted by molar-refractivity contribution is 0.0695. The molecular formula is C8H8INO2. The first-order valence-electron chi connectivity index (χ1n) is 3.54. The van der Waals surface area contributed by atoms with Gasteiger partial charge in [-0.3, -0.25) is 0 Å². The summed E-state index contributed by atoms with van der Waals surface area (Å²) >= 11 is 2.06. The van der Waals surface area contributed by atoms with E-state index in [1.165, 1.54) is 0 Å². The highest BCUT2D eigenvalue weighted by Gasteiger charge is 2.09. The number of halogens is 1. The van der Waals surface area contributed by atoms with Gasteiger partial charge in [-0.05, 0) is 41.1 Å². The van der Waals surface area contributed by atoms with Crippen molar-refractivity contribution < 1.29 is 9.90 Å². The third kappa shape index (κ3) is 1.94. The molecule has 1 rings (SSSR count). The van der Waals surface area contributed by atoms with Crippen LogP contribution >= 0.6 is 22.6 Å². The monoisotopic (exact) mass is 277 g/mol. The Balaban J connectivity index is 3.20. The van der Waals surface area contributed by atoms with E-state index >= 15 is 0 Å². The van der Waals surface area contributed by atoms with Gasteiger partial charge in [0.2, 0.25) is 0 Å². The smallest absolute Gasteiger partial charge is 0.337 e. The zero-order valence-electron chi connectivity index (χ0n) is 6.54. The maximum atomic E-state index is 10.6. The van der Waals surface area contributed by atoms with Crippen molar-refractivity contribution in [2.45, 2.75) is 13.3 Å². The van der Waals surface area contributed by atoms with E-state index in [0.29, 0.717) is 17.7 Å². The molecule has 0 saturated carbocycles. The third-order valence-corrected chi connectivity index (χ3v) is 2.11. The Labute approximate surface area is 84.0 Å². The molecule has 0 aliphatic heterocycles. The Kier molecular flexibility index (Phi) is 3.02. The van der Waals surface area contributed by atoms with Crippen molar-refractivity contribution in [1.82, 2.24) is 4.98 Å². The first kappa shape index (κ1) is 9.44. The summed E-state index contributed by atoms with van der Waals surface area (Å²) in [5.41, 5.74) is 0.951. The van der Waals surface area contributed by atoms with Crippen molar-refractivity contribution in [2.24, 2.45) is 0 Å². The second-order valence-electron chi connectivity index (χ2n) is 2.29. The van der Waals surface area contributed by atoms with Crippen molar-refractivity contribution >= 4 is 28.6 Å². The molecule has 1 N–H and O–H groups in total. The van der Waals surface area contributed by atoms with Gasteiger partial charge in [0.05, 0.1) is 11.3 Å². The maximum absolute atomic E-state index is 10.6. The molecule has 64 valence electrons. The van der Waals surface area contributed by atoms with Gasteiger partial charge in [0.1, 0.15) is 3.70 Å². The number of nitrogens with zero attached hydrogens (tertiary/aromatic N) is 1. The number of aromatic nitrogens is 1. The zero-order valence-corrected chi connectivity index (χ0v) is 8.70. The second-order valence-corrected chi connectivity index (χ2v) is 3.39. The van der Waals surface area contributed by atoms with Gasteiger partial charge >= 0.3 is 5.97 Å². The quantitative estimate of drug-likeness (QED) is 0.664. The van der Waals surface area contributed by atoms with Gasteiger partial charge in [0.25, 0.3) is 0 Å². The number of hydrogen-bond donors (Lipinski definition) is 1. The van der Waals surface area contributed by atoms with Crippen LogP contribution in [0, 0.1) is 3.70 Å². The molecule has 0 fully saturated rings. The predicted octanol–water partition coefficient (Wildman–Crippen LogP) is 1.95. The molecule has 1 heterocycles.